The standard InChI is InChI=1S/C39H46F2N6O2.CH5P/c1-5-27-30(40)12-9-23-17-26(48)18-29(31(23)27)32-34(41)36-33(28(6-2)35(32)43-22(3)4)37(47-20-24-10-11-25(47)19-42-24)45-38(44-36)49-21-39-13-7-15-46(39)16-8-14-39;1-2/h6,9,12,17-18,22,24-25,42,48H,5,7-8,10-11,13-16,19-21H2,1-4H3;2H2,1H3/b28-6-,43-35?;. The second-order valence-electron chi connectivity index (χ2n) is 14.7. The number of piperidine rings is 2. The van der Waals surface area contributed by atoms with Crippen LogP contribution in [0.4, 0.5) is 14.6 Å². The average Bonchev–Trinajstić information content (AvgIpc) is 3.73. The first-order valence-electron chi connectivity index (χ1n) is 18.7. The van der Waals surface area contributed by atoms with E-state index >= 15 is 8.78 Å². The Kier molecular flexibility index (Phi) is 10.2. The number of allylic oxidation sites excluding steroid dienone is 3. The Morgan fingerprint density at radius 2 is 1.90 bits per heavy atom. The molecule has 9 rings (SSSR count). The molecule has 1 aliphatic carbocycles. The number of aryl methyl sites for hydroxylation is 1. The molecule has 0 saturated carbocycles. The Morgan fingerprint density at radius 1 is 1.14 bits per heavy atom. The highest BCUT2D eigenvalue weighted by molar-refractivity contribution is 7.15. The number of benzene rings is 2. The van der Waals surface area contributed by atoms with E-state index in [9.17, 15) is 5.11 Å². The van der Waals surface area contributed by atoms with E-state index in [4.69, 9.17) is 19.7 Å². The Hall–Kier alpha value is -3.46. The van der Waals surface area contributed by atoms with Crippen molar-refractivity contribution < 1.29 is 18.6 Å². The van der Waals surface area contributed by atoms with E-state index in [2.05, 4.69) is 24.4 Å². The normalized spacial score (nSPS) is 24.1. The molecular weight excluding hydrogens is 665 g/mol. The van der Waals surface area contributed by atoms with E-state index in [1.54, 1.807) is 12.1 Å². The lowest BCUT2D eigenvalue weighted by Gasteiger charge is -2.47. The van der Waals surface area contributed by atoms with Gasteiger partial charge in [0, 0.05) is 42.4 Å². The zero-order valence-corrected chi connectivity index (χ0v) is 31.7. The Morgan fingerprint density at radius 3 is 2.53 bits per heavy atom. The molecule has 2 N–H and O–H groups in total. The second-order valence-corrected chi connectivity index (χ2v) is 14.7. The van der Waals surface area contributed by atoms with Crippen molar-refractivity contribution in [2.45, 2.75) is 96.3 Å². The molecule has 11 heteroatoms. The fourth-order valence-corrected chi connectivity index (χ4v) is 9.17. The van der Waals surface area contributed by atoms with E-state index in [0.717, 1.165) is 70.3 Å². The lowest BCUT2D eigenvalue weighted by atomic mass is 9.81. The van der Waals surface area contributed by atoms with Crippen molar-refractivity contribution in [1.82, 2.24) is 20.2 Å². The number of aromatic hydroxyl groups is 1. The van der Waals surface area contributed by atoms with Crippen LogP contribution in [0.5, 0.6) is 11.8 Å². The van der Waals surface area contributed by atoms with Crippen LogP contribution in [0.25, 0.3) is 27.7 Å². The van der Waals surface area contributed by atoms with Crippen LogP contribution < -0.4 is 15.0 Å². The van der Waals surface area contributed by atoms with Crippen molar-refractivity contribution in [2.75, 3.05) is 44.4 Å². The third-order valence-electron chi connectivity index (χ3n) is 11.4. The number of rotatable bonds is 7. The molecule has 2 bridgehead atoms. The van der Waals surface area contributed by atoms with Crippen molar-refractivity contribution in [3.8, 4) is 11.8 Å². The van der Waals surface area contributed by atoms with Gasteiger partial charge in [-0.25, -0.2) is 8.78 Å². The van der Waals surface area contributed by atoms with Gasteiger partial charge in [-0.1, -0.05) is 25.7 Å². The highest BCUT2D eigenvalue weighted by Crippen LogP contribution is 2.49. The number of nitrogens with zero attached hydrogens (tertiary/aromatic N) is 5. The molecule has 2 aromatic carbocycles. The lowest BCUT2D eigenvalue weighted by molar-refractivity contribution is 0.107. The predicted octanol–water partition coefficient (Wildman–Crippen LogP) is 7.58. The highest BCUT2D eigenvalue weighted by atomic mass is 31.0. The molecule has 3 unspecified atom stereocenters. The molecule has 3 atom stereocenters. The third-order valence-corrected chi connectivity index (χ3v) is 11.4. The summed E-state index contributed by atoms with van der Waals surface area (Å²) in [4.78, 5) is 19.9. The number of piperazine rings is 1. The number of halogens is 2. The number of nitrogens with one attached hydrogen (secondary N) is 1. The summed E-state index contributed by atoms with van der Waals surface area (Å²) in [6, 6.07) is 6.70. The number of aliphatic imine (C=N–C) groups is 1. The van der Waals surface area contributed by atoms with E-state index in [1.807, 2.05) is 40.4 Å². The molecule has 0 amide bonds. The van der Waals surface area contributed by atoms with Gasteiger partial charge in [0.1, 0.15) is 29.7 Å². The summed E-state index contributed by atoms with van der Waals surface area (Å²) < 4.78 is 39.7. The molecule has 0 spiro atoms. The van der Waals surface area contributed by atoms with E-state index in [1.165, 1.54) is 12.1 Å². The van der Waals surface area contributed by atoms with Crippen molar-refractivity contribution in [2.24, 2.45) is 4.99 Å². The van der Waals surface area contributed by atoms with Gasteiger partial charge in [0.05, 0.1) is 16.8 Å². The first kappa shape index (κ1) is 35.9. The summed E-state index contributed by atoms with van der Waals surface area (Å²) in [5.74, 6) is -0.305. The van der Waals surface area contributed by atoms with Crippen LogP contribution in [0.2, 0.25) is 0 Å². The van der Waals surface area contributed by atoms with Gasteiger partial charge in [0.15, 0.2) is 5.83 Å². The zero-order chi connectivity index (χ0) is 36.0. The quantitative estimate of drug-likeness (QED) is 0.244. The minimum atomic E-state index is -0.575. The number of hydrogen-bond donors (Lipinski definition) is 2. The second kappa shape index (κ2) is 14.5. The molecular formula is C40H51F2N6O2P. The number of phenolic OH excluding ortho intramolecular Hbond substituents is 1. The molecule has 0 radical (unpaired) electrons. The zero-order valence-electron chi connectivity index (χ0n) is 30.5. The Labute approximate surface area is 302 Å². The van der Waals surface area contributed by atoms with Gasteiger partial charge in [0.2, 0.25) is 0 Å². The third kappa shape index (κ3) is 6.25. The maximum absolute atomic E-state index is 17.8. The number of fused-ring (bicyclic) bond motifs is 6. The molecule has 6 heterocycles. The minimum Gasteiger partial charge on any atom is -0.508 e. The number of hydrogen-bond acceptors (Lipinski definition) is 8. The van der Waals surface area contributed by atoms with Crippen molar-refractivity contribution in [3.05, 3.63) is 58.5 Å². The smallest absolute Gasteiger partial charge is 0.319 e. The molecule has 8 nitrogen and oxygen atoms in total. The van der Waals surface area contributed by atoms with Crippen molar-refractivity contribution in [3.63, 3.8) is 0 Å². The summed E-state index contributed by atoms with van der Waals surface area (Å²) in [5.41, 5.74) is 2.96. The molecule has 1 aromatic heterocycles. The van der Waals surface area contributed by atoms with Gasteiger partial charge >= 0.3 is 6.01 Å². The summed E-state index contributed by atoms with van der Waals surface area (Å²) >= 11 is 0. The number of phenols is 1. The Balaban J connectivity index is 0.00000200. The topological polar surface area (TPSA) is 86.1 Å². The van der Waals surface area contributed by atoms with E-state index in [-0.39, 0.29) is 46.5 Å². The SMILES string of the molecule is C/C=C1\C(=NC(C)C)C(c2cc(O)cc3ccc(F)c(CC)c23)=C(F)c2nc(OCC34CCCN3CCC4)nc(N3CC4CCC3CN4)c21.CP. The first-order valence-corrected chi connectivity index (χ1v) is 19.8. The van der Waals surface area contributed by atoms with Crippen LogP contribution in [-0.2, 0) is 6.42 Å². The van der Waals surface area contributed by atoms with Gasteiger partial charge in [-0.3, -0.25) is 9.89 Å². The average molecular weight is 717 g/mol. The molecule has 5 saturated heterocycles. The minimum absolute atomic E-state index is 0.0280. The van der Waals surface area contributed by atoms with Gasteiger partial charge in [-0.05, 0) is 119 Å². The summed E-state index contributed by atoms with van der Waals surface area (Å²) in [5, 5.41) is 15.8. The van der Waals surface area contributed by atoms with Crippen LogP contribution in [0.1, 0.15) is 88.6 Å². The molecule has 5 fully saturated rings. The maximum Gasteiger partial charge on any atom is 0.319 e. The molecule has 3 aromatic rings. The maximum atomic E-state index is 17.8. The van der Waals surface area contributed by atoms with Gasteiger partial charge < -0.3 is 20.1 Å². The largest absolute Gasteiger partial charge is 0.508 e. The van der Waals surface area contributed by atoms with Crippen LogP contribution in [0, 0.1) is 5.82 Å². The van der Waals surface area contributed by atoms with Crippen LogP contribution in [-0.4, -0.2) is 88.8 Å². The van der Waals surface area contributed by atoms with Gasteiger partial charge in [-0.2, -0.15) is 9.97 Å². The number of ether oxygens (including phenoxy) is 1. The summed E-state index contributed by atoms with van der Waals surface area (Å²) in [6.07, 6.45) is 8.90. The lowest BCUT2D eigenvalue weighted by Crippen LogP contribution is -2.61. The summed E-state index contributed by atoms with van der Waals surface area (Å²) in [7, 11) is 2.42. The fraction of sp³-hybridized carbons (Fsp3) is 0.525. The molecule has 6 aliphatic rings. The van der Waals surface area contributed by atoms with Crippen LogP contribution in [0.15, 0.2) is 35.3 Å². The van der Waals surface area contributed by atoms with Crippen molar-refractivity contribution in [1.29, 1.82) is 0 Å². The van der Waals surface area contributed by atoms with Crippen LogP contribution in [0.3, 0.4) is 0 Å². The fourth-order valence-electron chi connectivity index (χ4n) is 9.17. The predicted molar refractivity (Wildman–Crippen MR) is 207 cm³/mol. The van der Waals surface area contributed by atoms with Gasteiger partial charge in [-0.15, -0.1) is 9.24 Å². The van der Waals surface area contributed by atoms with Crippen molar-refractivity contribution >= 4 is 48.5 Å². The molecule has 51 heavy (non-hydrogen) atoms. The van der Waals surface area contributed by atoms with Crippen LogP contribution >= 0.6 is 9.24 Å². The number of aromatic nitrogens is 2. The monoisotopic (exact) mass is 716 g/mol. The summed E-state index contributed by atoms with van der Waals surface area (Å²) in [6.45, 7) is 13.9. The molecule has 272 valence electrons. The molecule has 5 aliphatic heterocycles. The van der Waals surface area contributed by atoms with E-state index < -0.39 is 5.83 Å². The highest BCUT2D eigenvalue weighted by Gasteiger charge is 2.46. The van der Waals surface area contributed by atoms with E-state index in [0.29, 0.717) is 58.1 Å². The van der Waals surface area contributed by atoms with Gasteiger partial charge in [0.25, 0.3) is 0 Å². The Bertz CT molecular complexity index is 1910. The number of anilines is 1. The first-order chi connectivity index (χ1) is 24.7.